The van der Waals surface area contributed by atoms with Crippen molar-refractivity contribution in [3.8, 4) is 0 Å². The summed E-state index contributed by atoms with van der Waals surface area (Å²) in [4.78, 5) is 17.3. The standard InChI is InChI=1S/C24H36N2O2/c1-23(28)9-7-17-16(13-23)3-4-19-18(17)8-10-24(2)20(19)5-6-21(24)22(27)14-26-12-11-25-15-26/h11-12,15-21,28H,3-10,13-14H2,1-2H3/t16-,17-,18+,19+,20-,21+,23+,24-/m0/s1. The maximum atomic E-state index is 13.2. The second kappa shape index (κ2) is 6.68. The number of nitrogens with zero attached hydrogens (tertiary/aromatic N) is 2. The molecule has 154 valence electrons. The molecule has 1 aromatic rings. The molecule has 1 N–H and O–H groups in total. The molecule has 0 unspecified atom stereocenters. The highest BCUT2D eigenvalue weighted by atomic mass is 16.3. The SMILES string of the molecule is C[C@@]1(O)CC[C@H]2[C@@H](CC[C@@H]3[C@@H]2CC[C@]2(C)[C@@H](C(=O)Cn4ccnc4)CC[C@@H]32)C1. The lowest BCUT2D eigenvalue weighted by atomic mass is 9.49. The van der Waals surface area contributed by atoms with Crippen LogP contribution in [0.4, 0.5) is 0 Å². The van der Waals surface area contributed by atoms with Crippen LogP contribution in [0, 0.1) is 40.9 Å². The van der Waals surface area contributed by atoms with E-state index in [2.05, 4.69) is 11.9 Å². The fourth-order valence-corrected chi connectivity index (χ4v) is 8.28. The van der Waals surface area contributed by atoms with Crippen LogP contribution in [0.5, 0.6) is 0 Å². The van der Waals surface area contributed by atoms with Crippen molar-refractivity contribution < 1.29 is 9.90 Å². The van der Waals surface area contributed by atoms with Gasteiger partial charge in [0.1, 0.15) is 0 Å². The molecule has 4 aliphatic rings. The summed E-state index contributed by atoms with van der Waals surface area (Å²) < 4.78 is 1.93. The van der Waals surface area contributed by atoms with Gasteiger partial charge in [-0.1, -0.05) is 6.92 Å². The highest BCUT2D eigenvalue weighted by Crippen LogP contribution is 2.64. The minimum absolute atomic E-state index is 0.200. The van der Waals surface area contributed by atoms with Crippen molar-refractivity contribution >= 4 is 5.78 Å². The van der Waals surface area contributed by atoms with E-state index in [-0.39, 0.29) is 11.3 Å². The van der Waals surface area contributed by atoms with E-state index in [9.17, 15) is 9.90 Å². The molecule has 28 heavy (non-hydrogen) atoms. The smallest absolute Gasteiger partial charge is 0.156 e. The minimum Gasteiger partial charge on any atom is -0.390 e. The molecule has 0 aliphatic heterocycles. The summed E-state index contributed by atoms with van der Waals surface area (Å²) in [5, 5.41) is 10.6. The topological polar surface area (TPSA) is 55.1 Å². The van der Waals surface area contributed by atoms with Crippen LogP contribution in [-0.4, -0.2) is 26.0 Å². The van der Waals surface area contributed by atoms with E-state index in [0.29, 0.717) is 12.3 Å². The van der Waals surface area contributed by atoms with E-state index in [1.807, 2.05) is 17.7 Å². The molecule has 4 saturated carbocycles. The van der Waals surface area contributed by atoms with Crippen molar-refractivity contribution in [2.24, 2.45) is 40.9 Å². The molecule has 4 aliphatic carbocycles. The molecule has 0 saturated heterocycles. The van der Waals surface area contributed by atoms with Crippen LogP contribution in [0.3, 0.4) is 0 Å². The number of aromatic nitrogens is 2. The Morgan fingerprint density at radius 2 is 1.89 bits per heavy atom. The number of Topliss-reactive ketones (excluding diaryl/α,β-unsaturated/α-hetero) is 1. The van der Waals surface area contributed by atoms with E-state index >= 15 is 0 Å². The van der Waals surface area contributed by atoms with E-state index in [1.54, 1.807) is 12.5 Å². The molecular weight excluding hydrogens is 348 g/mol. The molecule has 0 radical (unpaired) electrons. The number of rotatable bonds is 3. The van der Waals surface area contributed by atoms with Crippen molar-refractivity contribution in [1.29, 1.82) is 0 Å². The summed E-state index contributed by atoms with van der Waals surface area (Å²) in [6.07, 6.45) is 16.1. The first-order valence-corrected chi connectivity index (χ1v) is 11.6. The third kappa shape index (κ3) is 2.98. The van der Waals surface area contributed by atoms with Gasteiger partial charge in [0.15, 0.2) is 5.78 Å². The quantitative estimate of drug-likeness (QED) is 0.836. The van der Waals surface area contributed by atoms with Gasteiger partial charge in [-0.15, -0.1) is 0 Å². The molecular formula is C24H36N2O2. The number of imidazole rings is 1. The van der Waals surface area contributed by atoms with Crippen LogP contribution in [0.25, 0.3) is 0 Å². The largest absolute Gasteiger partial charge is 0.390 e. The van der Waals surface area contributed by atoms with Crippen LogP contribution >= 0.6 is 0 Å². The molecule has 8 atom stereocenters. The summed E-state index contributed by atoms with van der Waals surface area (Å²) in [5.41, 5.74) is -0.235. The number of ketones is 1. The molecule has 0 aromatic carbocycles. The molecule has 5 rings (SSSR count). The Kier molecular flexibility index (Phi) is 4.50. The number of fused-ring (bicyclic) bond motifs is 5. The van der Waals surface area contributed by atoms with Crippen LogP contribution in [-0.2, 0) is 11.3 Å². The lowest BCUT2D eigenvalue weighted by Crippen LogP contribution is -2.51. The molecule has 0 amide bonds. The van der Waals surface area contributed by atoms with Crippen molar-refractivity contribution in [1.82, 2.24) is 9.55 Å². The van der Waals surface area contributed by atoms with Gasteiger partial charge in [0.05, 0.1) is 18.5 Å². The number of carbonyl (C=O) groups is 1. The van der Waals surface area contributed by atoms with Gasteiger partial charge in [0.25, 0.3) is 0 Å². The first-order valence-electron chi connectivity index (χ1n) is 11.6. The third-order valence-electron chi connectivity index (χ3n) is 9.52. The summed E-state index contributed by atoms with van der Waals surface area (Å²) in [5.74, 6) is 4.59. The summed E-state index contributed by atoms with van der Waals surface area (Å²) >= 11 is 0. The number of carbonyl (C=O) groups excluding carboxylic acids is 1. The molecule has 4 heteroatoms. The summed E-state index contributed by atoms with van der Waals surface area (Å²) in [7, 11) is 0. The van der Waals surface area contributed by atoms with Gasteiger partial charge in [0, 0.05) is 18.3 Å². The number of hydrogen-bond donors (Lipinski definition) is 1. The zero-order valence-corrected chi connectivity index (χ0v) is 17.5. The van der Waals surface area contributed by atoms with E-state index in [4.69, 9.17) is 0 Å². The van der Waals surface area contributed by atoms with E-state index < -0.39 is 5.60 Å². The molecule has 4 nitrogen and oxygen atoms in total. The fourth-order valence-electron chi connectivity index (χ4n) is 8.28. The Hall–Kier alpha value is -1.16. The van der Waals surface area contributed by atoms with Crippen molar-refractivity contribution in [2.45, 2.75) is 83.8 Å². The molecule has 0 spiro atoms. The maximum Gasteiger partial charge on any atom is 0.156 e. The van der Waals surface area contributed by atoms with Gasteiger partial charge < -0.3 is 9.67 Å². The molecule has 1 aromatic heterocycles. The van der Waals surface area contributed by atoms with Crippen LogP contribution in [0.2, 0.25) is 0 Å². The average Bonchev–Trinajstić information content (AvgIpc) is 3.27. The minimum atomic E-state index is -0.435. The second-order valence-corrected chi connectivity index (χ2v) is 11.1. The first kappa shape index (κ1) is 18.8. The Morgan fingerprint density at radius 1 is 1.07 bits per heavy atom. The van der Waals surface area contributed by atoms with Crippen LogP contribution in [0.1, 0.15) is 71.6 Å². The van der Waals surface area contributed by atoms with Gasteiger partial charge in [0.2, 0.25) is 0 Å². The summed E-state index contributed by atoms with van der Waals surface area (Å²) in [6.45, 7) is 4.97. The third-order valence-corrected chi connectivity index (χ3v) is 9.52. The molecule has 1 heterocycles. The van der Waals surface area contributed by atoms with Crippen molar-refractivity contribution in [3.05, 3.63) is 18.7 Å². The fraction of sp³-hybridized carbons (Fsp3) is 0.833. The van der Waals surface area contributed by atoms with Gasteiger partial charge >= 0.3 is 0 Å². The van der Waals surface area contributed by atoms with Gasteiger partial charge in [-0.3, -0.25) is 4.79 Å². The Morgan fingerprint density at radius 3 is 2.68 bits per heavy atom. The predicted octanol–water partition coefficient (Wildman–Crippen LogP) is 4.47. The van der Waals surface area contributed by atoms with Crippen molar-refractivity contribution in [3.63, 3.8) is 0 Å². The van der Waals surface area contributed by atoms with E-state index in [1.165, 1.54) is 38.5 Å². The monoisotopic (exact) mass is 384 g/mol. The van der Waals surface area contributed by atoms with Gasteiger partial charge in [-0.2, -0.15) is 0 Å². The lowest BCUT2D eigenvalue weighted by molar-refractivity contribution is -0.132. The Labute approximate surface area is 169 Å². The second-order valence-electron chi connectivity index (χ2n) is 11.1. The average molecular weight is 385 g/mol. The number of hydrogen-bond acceptors (Lipinski definition) is 3. The zero-order valence-electron chi connectivity index (χ0n) is 17.5. The normalized spacial score (nSPS) is 47.8. The number of aliphatic hydroxyl groups is 1. The molecule has 0 bridgehead atoms. The summed E-state index contributed by atoms with van der Waals surface area (Å²) in [6, 6.07) is 0. The lowest BCUT2D eigenvalue weighted by Gasteiger charge is -2.56. The Balaban J connectivity index is 1.32. The Bertz CT molecular complexity index is 727. The zero-order chi connectivity index (χ0) is 19.5. The highest BCUT2D eigenvalue weighted by molar-refractivity contribution is 5.82. The van der Waals surface area contributed by atoms with E-state index in [0.717, 1.165) is 48.9 Å². The van der Waals surface area contributed by atoms with Gasteiger partial charge in [-0.25, -0.2) is 4.98 Å². The van der Waals surface area contributed by atoms with Crippen molar-refractivity contribution in [2.75, 3.05) is 0 Å². The first-order chi connectivity index (χ1) is 13.4. The van der Waals surface area contributed by atoms with Crippen LogP contribution in [0.15, 0.2) is 18.7 Å². The highest BCUT2D eigenvalue weighted by Gasteiger charge is 2.58. The predicted molar refractivity (Wildman–Crippen MR) is 108 cm³/mol. The van der Waals surface area contributed by atoms with Gasteiger partial charge in [-0.05, 0) is 99.7 Å². The van der Waals surface area contributed by atoms with Crippen LogP contribution < -0.4 is 0 Å². The maximum absolute atomic E-state index is 13.2. The molecule has 4 fully saturated rings.